The summed E-state index contributed by atoms with van der Waals surface area (Å²) < 4.78 is 0. The van der Waals surface area contributed by atoms with E-state index < -0.39 is 5.97 Å². The van der Waals surface area contributed by atoms with Gasteiger partial charge in [-0.3, -0.25) is 0 Å². The van der Waals surface area contributed by atoms with E-state index in [1.54, 1.807) is 18.2 Å². The van der Waals surface area contributed by atoms with Crippen molar-refractivity contribution in [3.63, 3.8) is 0 Å². The SMILES string of the molecule is O.O=C(O)c1cccc2cccc-2c1.[Li+].[OH-]. The second-order valence-corrected chi connectivity index (χ2v) is 2.87. The minimum atomic E-state index is -0.890. The van der Waals surface area contributed by atoms with Crippen molar-refractivity contribution in [3.8, 4) is 11.1 Å². The van der Waals surface area contributed by atoms with Crippen molar-refractivity contribution < 1.29 is 39.7 Å². The Morgan fingerprint density at radius 2 is 1.50 bits per heavy atom. The number of carboxylic acids is 1. The molecule has 0 atom stereocenters. The normalized spacial score (nSPS) is 8.25. The standard InChI is InChI=1S/C11H8O2.Li.2H2O/c12-11(13)10-6-2-4-8-3-1-5-9(8)7-10;;;/h1-7H,(H,12,13);;2*1H2/q;+1;;/p-1. The van der Waals surface area contributed by atoms with Gasteiger partial charge in [-0.2, -0.15) is 0 Å². The number of carbonyl (C=O) groups is 1. The van der Waals surface area contributed by atoms with Gasteiger partial charge >= 0.3 is 24.8 Å². The zero-order chi connectivity index (χ0) is 9.26. The van der Waals surface area contributed by atoms with Crippen molar-refractivity contribution in [2.24, 2.45) is 0 Å². The summed E-state index contributed by atoms with van der Waals surface area (Å²) in [6, 6.07) is 12.7. The molecule has 4 N–H and O–H groups in total. The third-order valence-corrected chi connectivity index (χ3v) is 1.99. The predicted octanol–water partition coefficient (Wildman–Crippen LogP) is -1.51. The second kappa shape index (κ2) is 7.04. The molecule has 16 heavy (non-hydrogen) atoms. The maximum atomic E-state index is 10.7. The molecule has 0 radical (unpaired) electrons. The van der Waals surface area contributed by atoms with Crippen LogP contribution in [0.2, 0.25) is 0 Å². The Balaban J connectivity index is 0. The van der Waals surface area contributed by atoms with Crippen LogP contribution in [-0.4, -0.2) is 22.0 Å². The number of rotatable bonds is 1. The van der Waals surface area contributed by atoms with Crippen LogP contribution in [0.25, 0.3) is 11.1 Å². The molecule has 2 aliphatic rings. The molecule has 0 saturated heterocycles. The van der Waals surface area contributed by atoms with Gasteiger partial charge in [0.2, 0.25) is 0 Å². The maximum absolute atomic E-state index is 10.7. The fourth-order valence-corrected chi connectivity index (χ4v) is 1.34. The molecule has 0 spiro atoms. The third-order valence-electron chi connectivity index (χ3n) is 1.99. The topological polar surface area (TPSA) is 98.8 Å². The maximum Gasteiger partial charge on any atom is 1.00 e. The molecule has 0 bridgehead atoms. The molecule has 5 heteroatoms. The Labute approximate surface area is 105 Å². The monoisotopic (exact) mass is 214 g/mol. The van der Waals surface area contributed by atoms with Crippen molar-refractivity contribution >= 4 is 5.97 Å². The second-order valence-electron chi connectivity index (χ2n) is 2.87. The van der Waals surface area contributed by atoms with Gasteiger partial charge in [0.15, 0.2) is 0 Å². The van der Waals surface area contributed by atoms with E-state index in [-0.39, 0.29) is 29.8 Å². The summed E-state index contributed by atoms with van der Waals surface area (Å²) in [6.45, 7) is 0. The van der Waals surface area contributed by atoms with Gasteiger partial charge in [-0.25, -0.2) is 4.79 Å². The van der Waals surface area contributed by atoms with E-state index in [0.717, 1.165) is 11.1 Å². The molecule has 80 valence electrons. The molecule has 0 aromatic carbocycles. The molecule has 2 rings (SSSR count). The van der Waals surface area contributed by atoms with Crippen LogP contribution in [-0.2, 0) is 0 Å². The molecular weight excluding hydrogens is 203 g/mol. The van der Waals surface area contributed by atoms with E-state index in [1.807, 2.05) is 24.3 Å². The molecule has 0 unspecified atom stereocenters. The summed E-state index contributed by atoms with van der Waals surface area (Å²) in [6.07, 6.45) is 0. The van der Waals surface area contributed by atoms with Gasteiger partial charge in [0.1, 0.15) is 0 Å². The van der Waals surface area contributed by atoms with Crippen LogP contribution in [0.3, 0.4) is 0 Å². The average Bonchev–Trinajstić information content (AvgIpc) is 2.42. The fraction of sp³-hybridized carbons (Fsp3) is 0. The van der Waals surface area contributed by atoms with Crippen molar-refractivity contribution in [2.45, 2.75) is 0 Å². The van der Waals surface area contributed by atoms with Crippen molar-refractivity contribution in [2.75, 3.05) is 0 Å². The fourth-order valence-electron chi connectivity index (χ4n) is 1.34. The molecule has 0 aliphatic heterocycles. The van der Waals surface area contributed by atoms with Crippen LogP contribution in [0.5, 0.6) is 0 Å². The van der Waals surface area contributed by atoms with Crippen LogP contribution in [0.4, 0.5) is 0 Å². The zero-order valence-corrected chi connectivity index (χ0v) is 8.84. The van der Waals surface area contributed by atoms with Crippen LogP contribution < -0.4 is 18.9 Å². The first-order valence-corrected chi connectivity index (χ1v) is 3.99. The van der Waals surface area contributed by atoms with Crippen LogP contribution in [0, 0.1) is 0 Å². The van der Waals surface area contributed by atoms with E-state index in [4.69, 9.17) is 5.11 Å². The zero-order valence-electron chi connectivity index (χ0n) is 8.84. The van der Waals surface area contributed by atoms with E-state index in [0.29, 0.717) is 5.56 Å². The minimum absolute atomic E-state index is 0. The number of fused-ring (bicyclic) bond motifs is 1. The summed E-state index contributed by atoms with van der Waals surface area (Å²) >= 11 is 0. The van der Waals surface area contributed by atoms with Gasteiger partial charge in [0.25, 0.3) is 0 Å². The molecule has 0 saturated carbocycles. The average molecular weight is 214 g/mol. The van der Waals surface area contributed by atoms with Crippen LogP contribution >= 0.6 is 0 Å². The van der Waals surface area contributed by atoms with Gasteiger partial charge < -0.3 is 16.1 Å². The van der Waals surface area contributed by atoms with Gasteiger partial charge in [0, 0.05) is 0 Å². The first-order chi connectivity index (χ1) is 6.27. The third kappa shape index (κ3) is 3.37. The van der Waals surface area contributed by atoms with Gasteiger partial charge in [-0.15, -0.1) is 0 Å². The van der Waals surface area contributed by atoms with Gasteiger partial charge in [0.05, 0.1) is 5.56 Å². The Bertz CT molecular complexity index is 430. The van der Waals surface area contributed by atoms with E-state index in [1.165, 1.54) is 0 Å². The molecular formula is C11H11LiO4. The number of hydrogen-bond donors (Lipinski definition) is 1. The van der Waals surface area contributed by atoms with Gasteiger partial charge in [-0.05, 0) is 23.3 Å². The molecule has 0 fully saturated rings. The Hall–Kier alpha value is -1.31. The smallest absolute Gasteiger partial charge is 0.870 e. The van der Waals surface area contributed by atoms with E-state index in [2.05, 4.69) is 0 Å². The summed E-state index contributed by atoms with van der Waals surface area (Å²) in [5, 5.41) is 8.79. The van der Waals surface area contributed by atoms with E-state index in [9.17, 15) is 4.79 Å². The van der Waals surface area contributed by atoms with Crippen molar-refractivity contribution in [1.82, 2.24) is 0 Å². The summed E-state index contributed by atoms with van der Waals surface area (Å²) in [7, 11) is 0. The largest absolute Gasteiger partial charge is 1.00 e. The minimum Gasteiger partial charge on any atom is -0.870 e. The van der Waals surface area contributed by atoms with E-state index >= 15 is 0 Å². The van der Waals surface area contributed by atoms with Gasteiger partial charge in [-0.1, -0.05) is 30.3 Å². The quantitative estimate of drug-likeness (QED) is 0.584. The van der Waals surface area contributed by atoms with Crippen LogP contribution in [0.1, 0.15) is 10.4 Å². The first kappa shape index (κ1) is 17.1. The molecule has 0 amide bonds. The summed E-state index contributed by atoms with van der Waals surface area (Å²) in [4.78, 5) is 10.7. The predicted molar refractivity (Wildman–Crippen MR) is 55.6 cm³/mol. The first-order valence-electron chi connectivity index (χ1n) is 3.99. The van der Waals surface area contributed by atoms with Crippen molar-refractivity contribution in [1.29, 1.82) is 0 Å². The molecule has 0 aromatic heterocycles. The van der Waals surface area contributed by atoms with Crippen molar-refractivity contribution in [3.05, 3.63) is 48.0 Å². The molecule has 0 aromatic rings. The number of hydrogen-bond acceptors (Lipinski definition) is 2. The summed E-state index contributed by atoms with van der Waals surface area (Å²) in [5.41, 5.74) is 2.34. The Kier molecular flexibility index (Phi) is 7.52. The van der Waals surface area contributed by atoms with Crippen LogP contribution in [0.15, 0.2) is 42.5 Å². The molecule has 2 aliphatic carbocycles. The Morgan fingerprint density at radius 3 is 2.06 bits per heavy atom. The Morgan fingerprint density at radius 1 is 1.00 bits per heavy atom. The number of aromatic carboxylic acids is 1. The number of carboxylic acid groups (broad SMARTS) is 1. The molecule has 4 nitrogen and oxygen atoms in total. The molecule has 0 heterocycles. The summed E-state index contributed by atoms with van der Waals surface area (Å²) in [5.74, 6) is -0.890.